The lowest BCUT2D eigenvalue weighted by molar-refractivity contribution is -0.116. The van der Waals surface area contributed by atoms with E-state index in [9.17, 15) is 4.79 Å². The summed E-state index contributed by atoms with van der Waals surface area (Å²) in [6.07, 6.45) is 0.755. The van der Waals surface area contributed by atoms with Gasteiger partial charge in [0.2, 0.25) is 11.1 Å². The number of hydrogen-bond acceptors (Lipinski definition) is 6. The SMILES string of the molecule is CCOc1ccc(NC(=O)[C@@H]2Sc3nnc(CC)n3N[C@@H]2c2ccccc2)cc1. The van der Waals surface area contributed by atoms with Crippen LogP contribution in [0.3, 0.4) is 0 Å². The van der Waals surface area contributed by atoms with Crippen LogP contribution in [-0.2, 0) is 11.2 Å². The fourth-order valence-corrected chi connectivity index (χ4v) is 4.35. The van der Waals surface area contributed by atoms with Gasteiger partial charge in [-0.3, -0.25) is 4.79 Å². The third-order valence-corrected chi connectivity index (χ3v) is 5.89. The van der Waals surface area contributed by atoms with Crippen molar-refractivity contribution in [3.05, 3.63) is 66.0 Å². The van der Waals surface area contributed by atoms with Crippen LogP contribution in [0.4, 0.5) is 5.69 Å². The van der Waals surface area contributed by atoms with Crippen LogP contribution < -0.4 is 15.5 Å². The van der Waals surface area contributed by atoms with Gasteiger partial charge in [-0.2, -0.15) is 0 Å². The van der Waals surface area contributed by atoms with E-state index >= 15 is 0 Å². The molecule has 3 aromatic rings. The lowest BCUT2D eigenvalue weighted by Gasteiger charge is -2.33. The monoisotopic (exact) mass is 409 g/mol. The molecule has 2 heterocycles. The van der Waals surface area contributed by atoms with Crippen molar-refractivity contribution in [2.45, 2.75) is 36.7 Å². The highest BCUT2D eigenvalue weighted by Crippen LogP contribution is 2.37. The molecular formula is C21H23N5O2S. The van der Waals surface area contributed by atoms with E-state index in [0.717, 1.165) is 29.2 Å². The van der Waals surface area contributed by atoms with Crippen LogP contribution in [0, 0.1) is 0 Å². The Kier molecular flexibility index (Phi) is 5.71. The molecule has 1 amide bonds. The van der Waals surface area contributed by atoms with E-state index in [0.29, 0.717) is 11.8 Å². The van der Waals surface area contributed by atoms with Crippen LogP contribution in [-0.4, -0.2) is 32.6 Å². The van der Waals surface area contributed by atoms with E-state index in [4.69, 9.17) is 4.74 Å². The number of carbonyl (C=O) groups is 1. The quantitative estimate of drug-likeness (QED) is 0.647. The number of carbonyl (C=O) groups excluding carboxylic acids is 1. The van der Waals surface area contributed by atoms with Crippen molar-refractivity contribution in [3.8, 4) is 5.75 Å². The Morgan fingerprint density at radius 2 is 1.90 bits per heavy atom. The van der Waals surface area contributed by atoms with Crippen LogP contribution >= 0.6 is 11.8 Å². The number of ether oxygens (including phenoxy) is 1. The maximum Gasteiger partial charge on any atom is 0.240 e. The minimum Gasteiger partial charge on any atom is -0.494 e. The van der Waals surface area contributed by atoms with Crippen LogP contribution in [0.5, 0.6) is 5.75 Å². The first-order chi connectivity index (χ1) is 14.2. The van der Waals surface area contributed by atoms with E-state index in [2.05, 4.69) is 20.9 Å². The van der Waals surface area contributed by atoms with Gasteiger partial charge in [-0.05, 0) is 36.8 Å². The maximum absolute atomic E-state index is 13.2. The summed E-state index contributed by atoms with van der Waals surface area (Å²) in [7, 11) is 0. The van der Waals surface area contributed by atoms with Gasteiger partial charge < -0.3 is 15.5 Å². The molecule has 29 heavy (non-hydrogen) atoms. The summed E-state index contributed by atoms with van der Waals surface area (Å²) in [6.45, 7) is 4.58. The Bertz CT molecular complexity index is 974. The van der Waals surface area contributed by atoms with Gasteiger partial charge in [0.25, 0.3) is 0 Å². The molecule has 0 unspecified atom stereocenters. The highest BCUT2D eigenvalue weighted by molar-refractivity contribution is 8.00. The fraction of sp³-hybridized carbons (Fsp3) is 0.286. The molecule has 0 bridgehead atoms. The molecule has 4 rings (SSSR count). The molecule has 0 spiro atoms. The molecule has 0 aliphatic carbocycles. The Morgan fingerprint density at radius 3 is 2.59 bits per heavy atom. The van der Waals surface area contributed by atoms with Crippen LogP contribution in [0.1, 0.15) is 31.3 Å². The minimum absolute atomic E-state index is 0.0900. The van der Waals surface area contributed by atoms with Crippen molar-refractivity contribution in [1.82, 2.24) is 14.9 Å². The van der Waals surface area contributed by atoms with Crippen LogP contribution in [0.15, 0.2) is 59.8 Å². The Labute approximate surface area is 173 Å². The maximum atomic E-state index is 13.2. The predicted molar refractivity (Wildman–Crippen MR) is 114 cm³/mol. The third-order valence-electron chi connectivity index (χ3n) is 4.67. The number of aromatic nitrogens is 3. The Hall–Kier alpha value is -3.00. The van der Waals surface area contributed by atoms with Crippen molar-refractivity contribution in [2.75, 3.05) is 17.3 Å². The number of aryl methyl sites for hydroxylation is 1. The molecular weight excluding hydrogens is 386 g/mol. The minimum atomic E-state index is -0.398. The number of thioether (sulfide) groups is 1. The zero-order valence-corrected chi connectivity index (χ0v) is 17.1. The summed E-state index contributed by atoms with van der Waals surface area (Å²) < 4.78 is 7.36. The van der Waals surface area contributed by atoms with Gasteiger partial charge in [0.1, 0.15) is 11.0 Å². The number of amides is 1. The first kappa shape index (κ1) is 19.3. The van der Waals surface area contributed by atoms with Gasteiger partial charge in [0, 0.05) is 12.1 Å². The van der Waals surface area contributed by atoms with Gasteiger partial charge in [-0.1, -0.05) is 49.0 Å². The Balaban J connectivity index is 1.59. The summed E-state index contributed by atoms with van der Waals surface area (Å²) >= 11 is 1.42. The molecule has 0 radical (unpaired) electrons. The first-order valence-electron chi connectivity index (χ1n) is 9.65. The molecule has 2 atom stereocenters. The standard InChI is InChI=1S/C21H23N5O2S/c1-3-17-23-24-21-26(17)25-18(14-8-6-5-7-9-14)19(29-21)20(27)22-15-10-12-16(13-11-15)28-4-2/h5-13,18-19,25H,3-4H2,1-2H3,(H,22,27)/t18-,19-/m1/s1. The van der Waals surface area contributed by atoms with Gasteiger partial charge in [0.05, 0.1) is 12.6 Å². The number of rotatable bonds is 6. The number of nitrogens with one attached hydrogen (secondary N) is 2. The largest absolute Gasteiger partial charge is 0.494 e. The first-order valence-corrected chi connectivity index (χ1v) is 10.5. The highest BCUT2D eigenvalue weighted by atomic mass is 32.2. The molecule has 7 nitrogen and oxygen atoms in total. The van der Waals surface area contributed by atoms with Crippen molar-refractivity contribution in [3.63, 3.8) is 0 Å². The zero-order chi connectivity index (χ0) is 20.2. The lowest BCUT2D eigenvalue weighted by atomic mass is 10.0. The molecule has 150 valence electrons. The van der Waals surface area contributed by atoms with Crippen molar-refractivity contribution in [2.24, 2.45) is 0 Å². The second-order valence-corrected chi connectivity index (χ2v) is 7.70. The summed E-state index contributed by atoms with van der Waals surface area (Å²) in [5.74, 6) is 1.54. The summed E-state index contributed by atoms with van der Waals surface area (Å²) in [6, 6.07) is 17.2. The zero-order valence-electron chi connectivity index (χ0n) is 16.3. The second kappa shape index (κ2) is 8.57. The van der Waals surface area contributed by atoms with Crippen molar-refractivity contribution < 1.29 is 9.53 Å². The third kappa shape index (κ3) is 4.07. The molecule has 1 aliphatic heterocycles. The normalized spacial score (nSPS) is 17.9. The molecule has 2 N–H and O–H groups in total. The molecule has 0 saturated heterocycles. The van der Waals surface area contributed by atoms with E-state index in [1.54, 1.807) is 0 Å². The highest BCUT2D eigenvalue weighted by Gasteiger charge is 2.37. The Morgan fingerprint density at radius 1 is 1.14 bits per heavy atom. The van der Waals surface area contributed by atoms with E-state index in [-0.39, 0.29) is 11.9 Å². The van der Waals surface area contributed by atoms with Crippen LogP contribution in [0.2, 0.25) is 0 Å². The molecule has 0 fully saturated rings. The molecule has 1 aromatic heterocycles. The predicted octanol–water partition coefficient (Wildman–Crippen LogP) is 3.64. The topological polar surface area (TPSA) is 81.1 Å². The van der Waals surface area contributed by atoms with E-state index in [1.807, 2.05) is 73.1 Å². The number of nitrogens with zero attached hydrogens (tertiary/aromatic N) is 3. The number of benzene rings is 2. The average Bonchev–Trinajstić information content (AvgIpc) is 3.17. The van der Waals surface area contributed by atoms with E-state index in [1.165, 1.54) is 11.8 Å². The van der Waals surface area contributed by atoms with Crippen molar-refractivity contribution >= 4 is 23.4 Å². The van der Waals surface area contributed by atoms with Gasteiger partial charge in [-0.15, -0.1) is 10.2 Å². The van der Waals surface area contributed by atoms with Gasteiger partial charge in [0.15, 0.2) is 5.82 Å². The average molecular weight is 410 g/mol. The molecule has 0 saturated carbocycles. The van der Waals surface area contributed by atoms with Gasteiger partial charge >= 0.3 is 0 Å². The number of anilines is 1. The number of hydrogen-bond donors (Lipinski definition) is 2. The lowest BCUT2D eigenvalue weighted by Crippen LogP contribution is -2.41. The van der Waals surface area contributed by atoms with Crippen molar-refractivity contribution in [1.29, 1.82) is 0 Å². The summed E-state index contributed by atoms with van der Waals surface area (Å²) in [5.41, 5.74) is 5.21. The van der Waals surface area contributed by atoms with Crippen LogP contribution in [0.25, 0.3) is 0 Å². The number of fused-ring (bicyclic) bond motifs is 1. The van der Waals surface area contributed by atoms with E-state index < -0.39 is 5.25 Å². The molecule has 2 aromatic carbocycles. The summed E-state index contributed by atoms with van der Waals surface area (Å²) in [5, 5.41) is 11.8. The second-order valence-electron chi connectivity index (χ2n) is 6.59. The molecule has 1 aliphatic rings. The van der Waals surface area contributed by atoms with Gasteiger partial charge in [-0.25, -0.2) is 4.68 Å². The fourth-order valence-electron chi connectivity index (χ4n) is 3.25. The summed E-state index contributed by atoms with van der Waals surface area (Å²) in [4.78, 5) is 13.2. The smallest absolute Gasteiger partial charge is 0.240 e. The molecule has 8 heteroatoms.